The molecule has 7 heteroatoms. The van der Waals surface area contributed by atoms with E-state index in [4.69, 9.17) is 4.74 Å². The molecule has 206 valence electrons. The minimum Gasteiger partial charge on any atom is -0.478 e. The lowest BCUT2D eigenvalue weighted by molar-refractivity contribution is -0.138. The zero-order valence-corrected chi connectivity index (χ0v) is 23.6. The molecule has 0 spiro atoms. The maximum Gasteiger partial charge on any atom is 0.407 e. The molecule has 2 N–H and O–H groups in total. The van der Waals surface area contributed by atoms with Crippen molar-refractivity contribution in [3.63, 3.8) is 0 Å². The number of carboxylic acid groups (broad SMARTS) is 1. The summed E-state index contributed by atoms with van der Waals surface area (Å²) < 4.78 is 5.38. The van der Waals surface area contributed by atoms with Gasteiger partial charge in [0.15, 0.2) is 0 Å². The number of alkyl carbamates (subject to hydrolysis) is 1. The number of nitrogens with zero attached hydrogens (tertiary/aromatic N) is 1. The number of nitrogens with one attached hydrogen (secondary N) is 1. The summed E-state index contributed by atoms with van der Waals surface area (Å²) in [5.74, 6) is -0.719. The normalized spacial score (nSPS) is 26.9. The molecular weight excluding hydrogens is 480 g/mol. The Bertz CT molecular complexity index is 1150. The minimum absolute atomic E-state index is 0.0132. The van der Waals surface area contributed by atoms with Crippen molar-refractivity contribution < 1.29 is 24.2 Å². The van der Waals surface area contributed by atoms with Crippen LogP contribution in [0.4, 0.5) is 4.79 Å². The number of hydrogen-bond donors (Lipinski definition) is 2. The van der Waals surface area contributed by atoms with Crippen LogP contribution in [0.3, 0.4) is 0 Å². The Labute approximate surface area is 226 Å². The Morgan fingerprint density at radius 3 is 2.21 bits per heavy atom. The Balaban J connectivity index is 1.40. The van der Waals surface area contributed by atoms with Crippen LogP contribution in [0.25, 0.3) is 5.57 Å². The van der Waals surface area contributed by atoms with Crippen molar-refractivity contribution in [3.05, 3.63) is 53.1 Å². The average molecular weight is 523 g/mol. The highest BCUT2D eigenvalue weighted by Crippen LogP contribution is 2.55. The third-order valence-corrected chi connectivity index (χ3v) is 8.36. The zero-order valence-electron chi connectivity index (χ0n) is 23.6. The zero-order chi connectivity index (χ0) is 27.9. The lowest BCUT2D eigenvalue weighted by atomic mass is 9.58. The molecule has 1 aromatic carbocycles. The molecule has 7 nitrogen and oxygen atoms in total. The number of amides is 2. The van der Waals surface area contributed by atoms with Gasteiger partial charge in [-0.25, -0.2) is 9.59 Å². The van der Waals surface area contributed by atoms with E-state index >= 15 is 0 Å². The second kappa shape index (κ2) is 10.2. The summed E-state index contributed by atoms with van der Waals surface area (Å²) >= 11 is 0. The average Bonchev–Trinajstić information content (AvgIpc) is 2.82. The number of benzene rings is 1. The van der Waals surface area contributed by atoms with Crippen molar-refractivity contribution >= 4 is 23.5 Å². The topological polar surface area (TPSA) is 95.9 Å². The molecule has 4 rings (SSSR count). The van der Waals surface area contributed by atoms with Crippen LogP contribution < -0.4 is 5.32 Å². The van der Waals surface area contributed by atoms with E-state index in [2.05, 4.69) is 38.2 Å². The molecule has 1 fully saturated rings. The van der Waals surface area contributed by atoms with Gasteiger partial charge in [0.05, 0.1) is 5.56 Å². The van der Waals surface area contributed by atoms with Gasteiger partial charge in [0.25, 0.3) is 0 Å². The fraction of sp³-hybridized carbons (Fsp3) is 0.581. The molecule has 3 aliphatic rings. The number of carboxylic acids is 1. The van der Waals surface area contributed by atoms with E-state index in [0.29, 0.717) is 13.1 Å². The highest BCUT2D eigenvalue weighted by Gasteiger charge is 2.47. The van der Waals surface area contributed by atoms with E-state index in [1.54, 1.807) is 12.1 Å². The summed E-state index contributed by atoms with van der Waals surface area (Å²) in [6.45, 7) is 13.6. The maximum absolute atomic E-state index is 13.5. The first-order valence-electron chi connectivity index (χ1n) is 13.7. The molecule has 1 aliphatic heterocycles. The van der Waals surface area contributed by atoms with Crippen LogP contribution in [0.5, 0.6) is 0 Å². The molecule has 2 aliphatic carbocycles. The molecule has 0 saturated heterocycles. The van der Waals surface area contributed by atoms with Gasteiger partial charge in [-0.1, -0.05) is 50.6 Å². The number of aromatic carboxylic acids is 1. The van der Waals surface area contributed by atoms with Crippen molar-refractivity contribution in [2.24, 2.45) is 16.7 Å². The van der Waals surface area contributed by atoms with Crippen molar-refractivity contribution in [1.82, 2.24) is 10.2 Å². The predicted molar refractivity (Wildman–Crippen MR) is 148 cm³/mol. The summed E-state index contributed by atoms with van der Waals surface area (Å²) in [6.07, 6.45) is 8.05. The van der Waals surface area contributed by atoms with E-state index in [1.807, 2.05) is 37.8 Å². The number of hydrogen-bond acceptors (Lipinski definition) is 4. The summed E-state index contributed by atoms with van der Waals surface area (Å²) in [6, 6.07) is 7.16. The van der Waals surface area contributed by atoms with Crippen LogP contribution in [0.2, 0.25) is 0 Å². The number of fused-ring (bicyclic) bond motifs is 1. The van der Waals surface area contributed by atoms with Crippen LogP contribution in [-0.4, -0.2) is 52.7 Å². The van der Waals surface area contributed by atoms with Crippen LogP contribution in [-0.2, 0) is 9.53 Å². The molecule has 1 saturated carbocycles. The minimum atomic E-state index is -0.923. The molecule has 0 bridgehead atoms. The quantitative estimate of drug-likeness (QED) is 0.469. The summed E-state index contributed by atoms with van der Waals surface area (Å²) in [7, 11) is 0. The van der Waals surface area contributed by atoms with Gasteiger partial charge in [-0.05, 0) is 76.1 Å². The highest BCUT2D eigenvalue weighted by molar-refractivity contribution is 5.88. The fourth-order valence-electron chi connectivity index (χ4n) is 6.59. The SMILES string of the molecule is CC(C)(C)OC(=O)N[C@H]1CC[C@H](C(=O)N2CC=C3C(C)(C)C(c4ccc(C(=O)O)cc4)=CC[C@]3(C)C2)CC1. The number of rotatable bonds is 4. The van der Waals surface area contributed by atoms with Crippen LogP contribution >= 0.6 is 0 Å². The smallest absolute Gasteiger partial charge is 0.407 e. The third-order valence-electron chi connectivity index (χ3n) is 8.36. The molecule has 1 aromatic rings. The number of allylic oxidation sites excluding steroid dienone is 2. The Hall–Kier alpha value is -3.09. The summed E-state index contributed by atoms with van der Waals surface area (Å²) in [4.78, 5) is 39.0. The van der Waals surface area contributed by atoms with Gasteiger partial charge >= 0.3 is 12.1 Å². The third kappa shape index (κ3) is 5.82. The number of carbonyl (C=O) groups is 3. The van der Waals surface area contributed by atoms with Gasteiger partial charge < -0.3 is 20.1 Å². The van der Waals surface area contributed by atoms with Crippen LogP contribution in [0.15, 0.2) is 42.0 Å². The molecule has 38 heavy (non-hydrogen) atoms. The molecule has 0 aromatic heterocycles. The van der Waals surface area contributed by atoms with Crippen molar-refractivity contribution in [2.45, 2.75) is 85.3 Å². The Morgan fingerprint density at radius 1 is 1.00 bits per heavy atom. The first-order valence-corrected chi connectivity index (χ1v) is 13.7. The van der Waals surface area contributed by atoms with Gasteiger partial charge in [0.2, 0.25) is 5.91 Å². The van der Waals surface area contributed by atoms with Gasteiger partial charge in [-0.2, -0.15) is 0 Å². The molecular formula is C31H42N2O5. The lowest BCUT2D eigenvalue weighted by Crippen LogP contribution is -2.51. The van der Waals surface area contributed by atoms with Gasteiger partial charge in [0.1, 0.15) is 5.60 Å². The lowest BCUT2D eigenvalue weighted by Gasteiger charge is -2.51. The molecule has 1 atom stereocenters. The van der Waals surface area contributed by atoms with Crippen LogP contribution in [0.1, 0.15) is 89.6 Å². The standard InChI is InChI=1S/C31H42N2O5/c1-29(2,3)38-28(37)32-23-13-11-21(12-14-23)26(34)33-18-16-25-30(4,5)24(15-17-31(25,6)19-33)20-7-9-22(10-8-20)27(35)36/h7-10,15-16,21,23H,11-14,17-19H2,1-6H3,(H,32,37)(H,35,36)/t21-,23-,31-/m1/s1. The van der Waals surface area contributed by atoms with E-state index < -0.39 is 11.6 Å². The van der Waals surface area contributed by atoms with E-state index in [0.717, 1.165) is 37.7 Å². The largest absolute Gasteiger partial charge is 0.478 e. The maximum atomic E-state index is 13.5. The van der Waals surface area contributed by atoms with E-state index in [-0.39, 0.29) is 40.4 Å². The molecule has 1 heterocycles. The second-order valence-corrected chi connectivity index (χ2v) is 12.9. The van der Waals surface area contributed by atoms with Crippen molar-refractivity contribution in [2.75, 3.05) is 13.1 Å². The number of ether oxygens (including phenoxy) is 1. The first kappa shape index (κ1) is 27.9. The summed E-state index contributed by atoms with van der Waals surface area (Å²) in [5.41, 5.74) is 2.98. The first-order chi connectivity index (χ1) is 17.7. The van der Waals surface area contributed by atoms with Gasteiger partial charge in [-0.15, -0.1) is 0 Å². The Morgan fingerprint density at radius 2 is 1.63 bits per heavy atom. The van der Waals surface area contributed by atoms with Crippen LogP contribution in [0, 0.1) is 16.7 Å². The Kier molecular flexibility index (Phi) is 7.52. The van der Waals surface area contributed by atoms with E-state index in [1.165, 1.54) is 11.1 Å². The van der Waals surface area contributed by atoms with E-state index in [9.17, 15) is 19.5 Å². The monoisotopic (exact) mass is 522 g/mol. The van der Waals surface area contributed by atoms with Gasteiger partial charge in [-0.3, -0.25) is 4.79 Å². The highest BCUT2D eigenvalue weighted by atomic mass is 16.6. The second-order valence-electron chi connectivity index (χ2n) is 12.9. The summed E-state index contributed by atoms with van der Waals surface area (Å²) in [5, 5.41) is 12.2. The molecule has 0 unspecified atom stereocenters. The molecule has 0 radical (unpaired) electrons. The molecule has 2 amide bonds. The van der Waals surface area contributed by atoms with Crippen molar-refractivity contribution in [1.29, 1.82) is 0 Å². The fourth-order valence-corrected chi connectivity index (χ4v) is 6.59. The van der Waals surface area contributed by atoms with Gasteiger partial charge in [0, 0.05) is 35.9 Å². The predicted octanol–water partition coefficient (Wildman–Crippen LogP) is 6.06. The van der Waals surface area contributed by atoms with Crippen molar-refractivity contribution in [3.8, 4) is 0 Å². The number of carbonyl (C=O) groups excluding carboxylic acids is 2.